The molecule has 0 saturated heterocycles. The van der Waals surface area contributed by atoms with Gasteiger partial charge in [0.25, 0.3) is 5.69 Å². The Hall–Kier alpha value is -1.42. The normalized spacial score (nSPS) is 15.5. The molecule has 1 aromatic carbocycles. The number of rotatable bonds is 0. The standard InChI is InChI=1S/C7H8N3O/c11-10-7-4-2-1-3-6(7)5-8-9-10/h1-4,8H,5H2,(H,9,11)/q+1. The molecule has 4 nitrogen and oxygen atoms in total. The van der Waals surface area contributed by atoms with Crippen LogP contribution in [0.25, 0.3) is 0 Å². The van der Waals surface area contributed by atoms with Crippen molar-refractivity contribution in [3.63, 3.8) is 0 Å². The molecule has 1 aliphatic heterocycles. The summed E-state index contributed by atoms with van der Waals surface area (Å²) in [5.74, 6) is 0. The summed E-state index contributed by atoms with van der Waals surface area (Å²) in [6, 6.07) is 7.47. The van der Waals surface area contributed by atoms with E-state index >= 15 is 0 Å². The second-order valence-corrected chi connectivity index (χ2v) is 2.39. The summed E-state index contributed by atoms with van der Waals surface area (Å²) >= 11 is 0. The summed E-state index contributed by atoms with van der Waals surface area (Å²) in [6.45, 7) is 0.689. The van der Waals surface area contributed by atoms with Crippen LogP contribution >= 0.6 is 0 Å². The molecule has 2 rings (SSSR count). The van der Waals surface area contributed by atoms with Crippen molar-refractivity contribution in [1.29, 1.82) is 0 Å². The summed E-state index contributed by atoms with van der Waals surface area (Å²) in [4.78, 5) is 11.7. The number of hydrazine groups is 2. The molecule has 1 aliphatic rings. The molecule has 2 N–H and O–H groups in total. The maximum absolute atomic E-state index is 11.0. The van der Waals surface area contributed by atoms with Crippen molar-refractivity contribution in [2.45, 2.75) is 6.54 Å². The highest BCUT2D eigenvalue weighted by Gasteiger charge is 2.22. The lowest BCUT2D eigenvalue weighted by atomic mass is 10.2. The Morgan fingerprint density at radius 1 is 1.36 bits per heavy atom. The Balaban J connectivity index is 2.52. The van der Waals surface area contributed by atoms with Gasteiger partial charge in [0.1, 0.15) is 0 Å². The maximum Gasteiger partial charge on any atom is 0.298 e. The van der Waals surface area contributed by atoms with Gasteiger partial charge in [0.05, 0.1) is 11.5 Å². The minimum atomic E-state index is 0.686. The van der Waals surface area contributed by atoms with Crippen LogP contribution in [0.4, 0.5) is 5.69 Å². The Labute approximate surface area is 63.7 Å². The molecule has 0 aromatic heterocycles. The van der Waals surface area contributed by atoms with Crippen LogP contribution in [0.3, 0.4) is 0 Å². The topological polar surface area (TPSA) is 44.1 Å². The molecule has 0 saturated carbocycles. The Bertz CT molecular complexity index is 297. The second-order valence-electron chi connectivity index (χ2n) is 2.39. The van der Waals surface area contributed by atoms with E-state index in [1.54, 1.807) is 6.07 Å². The fourth-order valence-corrected chi connectivity index (χ4v) is 1.13. The SMILES string of the molecule is O=[N+]1NNCc2ccccc21. The fraction of sp³-hybridized carbons (Fsp3) is 0.143. The van der Waals surface area contributed by atoms with Crippen molar-refractivity contribution in [3.8, 4) is 0 Å². The van der Waals surface area contributed by atoms with E-state index < -0.39 is 0 Å². The molecular formula is C7H8N3O+. The van der Waals surface area contributed by atoms with E-state index in [0.717, 1.165) is 10.4 Å². The molecule has 4 heteroatoms. The molecule has 11 heavy (non-hydrogen) atoms. The van der Waals surface area contributed by atoms with Gasteiger partial charge in [-0.1, -0.05) is 23.7 Å². The highest BCUT2D eigenvalue weighted by Crippen LogP contribution is 2.18. The van der Waals surface area contributed by atoms with Crippen molar-refractivity contribution in [3.05, 3.63) is 34.7 Å². The number of para-hydroxylation sites is 1. The van der Waals surface area contributed by atoms with Gasteiger partial charge in [-0.3, -0.25) is 0 Å². The zero-order chi connectivity index (χ0) is 7.68. The van der Waals surface area contributed by atoms with Crippen molar-refractivity contribution < 1.29 is 4.87 Å². The number of fused-ring (bicyclic) bond motifs is 1. The number of benzene rings is 1. The van der Waals surface area contributed by atoms with E-state index in [2.05, 4.69) is 11.0 Å². The van der Waals surface area contributed by atoms with Crippen molar-refractivity contribution in [2.75, 3.05) is 0 Å². The minimum Gasteiger partial charge on any atom is -0.178 e. The first-order valence-corrected chi connectivity index (χ1v) is 3.41. The number of nitrogens with one attached hydrogen (secondary N) is 2. The zero-order valence-electron chi connectivity index (χ0n) is 5.87. The van der Waals surface area contributed by atoms with Crippen molar-refractivity contribution >= 4 is 5.69 Å². The first-order chi connectivity index (χ1) is 5.38. The van der Waals surface area contributed by atoms with E-state index in [4.69, 9.17) is 0 Å². The van der Waals surface area contributed by atoms with Crippen molar-refractivity contribution in [1.82, 2.24) is 11.0 Å². The highest BCUT2D eigenvalue weighted by atomic mass is 16.3. The van der Waals surface area contributed by atoms with E-state index in [9.17, 15) is 4.91 Å². The average Bonchev–Trinajstić information content (AvgIpc) is 2.06. The molecule has 0 unspecified atom stereocenters. The fourth-order valence-electron chi connectivity index (χ4n) is 1.13. The largest absolute Gasteiger partial charge is 0.298 e. The van der Waals surface area contributed by atoms with Gasteiger partial charge < -0.3 is 0 Å². The van der Waals surface area contributed by atoms with E-state index in [-0.39, 0.29) is 0 Å². The summed E-state index contributed by atoms with van der Waals surface area (Å²) in [6.07, 6.45) is 0. The lowest BCUT2D eigenvalue weighted by Gasteiger charge is -2.07. The van der Waals surface area contributed by atoms with E-state index in [1.807, 2.05) is 18.2 Å². The predicted molar refractivity (Wildman–Crippen MR) is 39.7 cm³/mol. The van der Waals surface area contributed by atoms with Crippen LogP contribution in [-0.2, 0) is 6.54 Å². The molecular weight excluding hydrogens is 142 g/mol. The van der Waals surface area contributed by atoms with Gasteiger partial charge in [-0.05, 0) is 0 Å². The summed E-state index contributed by atoms with van der Waals surface area (Å²) < 4.78 is 0. The molecule has 0 spiro atoms. The van der Waals surface area contributed by atoms with Crippen LogP contribution < -0.4 is 11.0 Å². The third kappa shape index (κ3) is 0.969. The molecule has 1 aromatic rings. The van der Waals surface area contributed by atoms with Crippen LogP contribution in [0.2, 0.25) is 0 Å². The lowest BCUT2D eigenvalue weighted by molar-refractivity contribution is -0.545. The molecule has 0 radical (unpaired) electrons. The van der Waals surface area contributed by atoms with Gasteiger partial charge in [0.15, 0.2) is 4.87 Å². The van der Waals surface area contributed by atoms with Crippen LogP contribution in [0.1, 0.15) is 5.56 Å². The van der Waals surface area contributed by atoms with Gasteiger partial charge in [0, 0.05) is 11.6 Å². The Morgan fingerprint density at radius 2 is 2.18 bits per heavy atom. The van der Waals surface area contributed by atoms with Crippen LogP contribution in [0, 0.1) is 4.91 Å². The first-order valence-electron chi connectivity index (χ1n) is 3.41. The highest BCUT2D eigenvalue weighted by molar-refractivity contribution is 5.39. The predicted octanol–water partition coefficient (Wildman–Crippen LogP) is 0.620. The smallest absolute Gasteiger partial charge is 0.178 e. The van der Waals surface area contributed by atoms with Crippen LogP contribution in [0.15, 0.2) is 24.3 Å². The Kier molecular flexibility index (Phi) is 1.33. The first kappa shape index (κ1) is 6.30. The third-order valence-electron chi connectivity index (χ3n) is 1.67. The summed E-state index contributed by atoms with van der Waals surface area (Å²) in [5, 5.41) is 0. The Morgan fingerprint density at radius 3 is 3.00 bits per heavy atom. The number of hydrogen-bond donors (Lipinski definition) is 2. The van der Waals surface area contributed by atoms with Crippen LogP contribution in [-0.4, -0.2) is 4.87 Å². The lowest BCUT2D eigenvalue weighted by Crippen LogP contribution is -2.40. The summed E-state index contributed by atoms with van der Waals surface area (Å²) in [5.41, 5.74) is 6.92. The van der Waals surface area contributed by atoms with Crippen molar-refractivity contribution in [2.24, 2.45) is 0 Å². The van der Waals surface area contributed by atoms with Gasteiger partial charge in [-0.2, -0.15) is 5.43 Å². The van der Waals surface area contributed by atoms with Gasteiger partial charge in [-0.15, -0.1) is 0 Å². The van der Waals surface area contributed by atoms with Gasteiger partial charge in [0.2, 0.25) is 0 Å². The average molecular weight is 150 g/mol. The molecule has 0 bridgehead atoms. The third-order valence-corrected chi connectivity index (χ3v) is 1.67. The minimum absolute atomic E-state index is 0.686. The number of nitroso groups, excluding NO2 is 1. The molecule has 56 valence electrons. The monoisotopic (exact) mass is 150 g/mol. The van der Waals surface area contributed by atoms with E-state index in [1.165, 1.54) is 0 Å². The molecule has 0 fully saturated rings. The van der Waals surface area contributed by atoms with E-state index in [0.29, 0.717) is 12.2 Å². The number of nitrogens with zero attached hydrogens (tertiary/aromatic N) is 1. The molecule has 0 atom stereocenters. The van der Waals surface area contributed by atoms with Crippen LogP contribution in [0.5, 0.6) is 0 Å². The zero-order valence-corrected chi connectivity index (χ0v) is 5.87. The van der Waals surface area contributed by atoms with Gasteiger partial charge >= 0.3 is 0 Å². The number of hydrogen-bond acceptors (Lipinski definition) is 2. The summed E-state index contributed by atoms with van der Waals surface area (Å²) in [7, 11) is 0. The maximum atomic E-state index is 11.0. The quantitative estimate of drug-likeness (QED) is 0.533. The second kappa shape index (κ2) is 2.32. The van der Waals surface area contributed by atoms with Gasteiger partial charge in [-0.25, -0.2) is 0 Å². The molecule has 1 heterocycles. The molecule has 0 aliphatic carbocycles. The molecule has 0 amide bonds.